The number of fused-ring (bicyclic) bond motifs is 1. The van der Waals surface area contributed by atoms with Gasteiger partial charge in [-0.05, 0) is 39.5 Å². The van der Waals surface area contributed by atoms with E-state index >= 15 is 0 Å². The summed E-state index contributed by atoms with van der Waals surface area (Å²) >= 11 is 6.43. The molecule has 0 amide bonds. The lowest BCUT2D eigenvalue weighted by molar-refractivity contribution is 0.280. The first kappa shape index (κ1) is 14.9. The predicted octanol–water partition coefficient (Wildman–Crippen LogP) is 4.61. The van der Waals surface area contributed by atoms with E-state index in [1.165, 1.54) is 25.7 Å². The molecule has 0 N–H and O–H groups in total. The Balaban J connectivity index is 2.19. The van der Waals surface area contributed by atoms with Crippen LogP contribution in [-0.2, 0) is 6.54 Å². The second kappa shape index (κ2) is 5.64. The molecule has 4 nitrogen and oxygen atoms in total. The van der Waals surface area contributed by atoms with Gasteiger partial charge in [0.05, 0.1) is 11.1 Å². The second-order valence-electron chi connectivity index (χ2n) is 6.45. The molecule has 2 aromatic rings. The van der Waals surface area contributed by atoms with Gasteiger partial charge in [-0.15, -0.1) is 11.6 Å². The van der Waals surface area contributed by atoms with Crippen molar-refractivity contribution in [1.29, 1.82) is 0 Å². The van der Waals surface area contributed by atoms with Gasteiger partial charge in [-0.3, -0.25) is 0 Å². The minimum absolute atomic E-state index is 0.0701. The lowest BCUT2D eigenvalue weighted by Crippen LogP contribution is -2.21. The fourth-order valence-electron chi connectivity index (χ4n) is 3.70. The highest BCUT2D eigenvalue weighted by Gasteiger charge is 2.28. The molecule has 1 aliphatic carbocycles. The van der Waals surface area contributed by atoms with Crippen molar-refractivity contribution in [3.05, 3.63) is 11.5 Å². The third-order valence-electron chi connectivity index (χ3n) is 4.70. The smallest absolute Gasteiger partial charge is 0.159 e. The first-order chi connectivity index (χ1) is 10.0. The van der Waals surface area contributed by atoms with E-state index in [-0.39, 0.29) is 5.38 Å². The number of hydrogen-bond donors (Lipinski definition) is 0. The molecule has 0 aliphatic heterocycles. The first-order valence-electron chi connectivity index (χ1n) is 8.12. The highest BCUT2D eigenvalue weighted by molar-refractivity contribution is 6.20. The molecular weight excluding hydrogens is 284 g/mol. The highest BCUT2D eigenvalue weighted by atomic mass is 35.5. The van der Waals surface area contributed by atoms with Crippen LogP contribution >= 0.6 is 11.6 Å². The van der Waals surface area contributed by atoms with Crippen molar-refractivity contribution >= 4 is 22.8 Å². The summed E-state index contributed by atoms with van der Waals surface area (Å²) in [5.41, 5.74) is 3.20. The van der Waals surface area contributed by atoms with Crippen molar-refractivity contribution in [3.63, 3.8) is 0 Å². The Labute approximate surface area is 131 Å². The zero-order valence-electron chi connectivity index (χ0n) is 13.4. The number of hydrogen-bond acceptors (Lipinski definition) is 2. The van der Waals surface area contributed by atoms with Gasteiger partial charge in [0.1, 0.15) is 11.3 Å². The molecule has 1 fully saturated rings. The number of aromatic nitrogens is 4. The quantitative estimate of drug-likeness (QED) is 0.776. The van der Waals surface area contributed by atoms with Crippen LogP contribution in [-0.4, -0.2) is 19.3 Å². The van der Waals surface area contributed by atoms with E-state index in [1.54, 1.807) is 0 Å². The standard InChI is InChI=1S/C16H25ClN4/c1-5-20-16-14(12(4)19-20)18-15(11(3)17)21(16)13-8-6-7-10(2)9-13/h10-11,13H,5-9H2,1-4H3. The van der Waals surface area contributed by atoms with Gasteiger partial charge in [0, 0.05) is 12.6 Å². The SMILES string of the molecule is CCn1nc(C)c2nc(C(C)Cl)n(C3CCCC(C)C3)c21. The third kappa shape index (κ3) is 2.48. The minimum atomic E-state index is -0.0701. The van der Waals surface area contributed by atoms with Gasteiger partial charge in [0.2, 0.25) is 0 Å². The van der Waals surface area contributed by atoms with Gasteiger partial charge in [0.15, 0.2) is 5.65 Å². The van der Waals surface area contributed by atoms with Gasteiger partial charge in [-0.25, -0.2) is 9.67 Å². The Morgan fingerprint density at radius 1 is 1.38 bits per heavy atom. The Bertz CT molecular complexity index is 640. The molecule has 116 valence electrons. The van der Waals surface area contributed by atoms with E-state index in [4.69, 9.17) is 16.6 Å². The van der Waals surface area contributed by atoms with E-state index in [2.05, 4.69) is 28.2 Å². The summed E-state index contributed by atoms with van der Waals surface area (Å²) in [6, 6.07) is 0.511. The molecule has 3 atom stereocenters. The van der Waals surface area contributed by atoms with Crippen LogP contribution in [0.2, 0.25) is 0 Å². The maximum atomic E-state index is 6.43. The summed E-state index contributed by atoms with van der Waals surface area (Å²) in [6.45, 7) is 9.42. The number of halogens is 1. The molecule has 0 bridgehead atoms. The number of alkyl halides is 1. The summed E-state index contributed by atoms with van der Waals surface area (Å²) in [7, 11) is 0. The van der Waals surface area contributed by atoms with Gasteiger partial charge in [-0.2, -0.15) is 5.10 Å². The van der Waals surface area contributed by atoms with E-state index in [0.717, 1.165) is 35.1 Å². The number of rotatable bonds is 3. The van der Waals surface area contributed by atoms with E-state index < -0.39 is 0 Å². The predicted molar refractivity (Wildman–Crippen MR) is 86.9 cm³/mol. The second-order valence-corrected chi connectivity index (χ2v) is 7.11. The zero-order valence-corrected chi connectivity index (χ0v) is 14.2. The van der Waals surface area contributed by atoms with Crippen LogP contribution in [0.1, 0.15) is 69.4 Å². The fraction of sp³-hybridized carbons (Fsp3) is 0.750. The van der Waals surface area contributed by atoms with Crippen LogP contribution in [0.15, 0.2) is 0 Å². The van der Waals surface area contributed by atoms with E-state index in [1.807, 2.05) is 13.8 Å². The average Bonchev–Trinajstić information content (AvgIpc) is 2.97. The molecule has 3 unspecified atom stereocenters. The summed E-state index contributed by atoms with van der Waals surface area (Å²) in [5.74, 6) is 1.78. The van der Waals surface area contributed by atoms with Crippen molar-refractivity contribution in [2.24, 2.45) is 5.92 Å². The van der Waals surface area contributed by atoms with Crippen LogP contribution in [0.25, 0.3) is 11.2 Å². The molecule has 0 saturated heterocycles. The molecule has 1 saturated carbocycles. The van der Waals surface area contributed by atoms with Crippen molar-refractivity contribution in [3.8, 4) is 0 Å². The maximum absolute atomic E-state index is 6.43. The molecule has 1 aliphatic rings. The lowest BCUT2D eigenvalue weighted by Gasteiger charge is -2.30. The van der Waals surface area contributed by atoms with Crippen molar-refractivity contribution in [2.75, 3.05) is 0 Å². The molecule has 0 spiro atoms. The van der Waals surface area contributed by atoms with Gasteiger partial charge < -0.3 is 4.57 Å². The molecule has 0 aromatic carbocycles. The first-order valence-corrected chi connectivity index (χ1v) is 8.55. The number of imidazole rings is 1. The Morgan fingerprint density at radius 3 is 2.76 bits per heavy atom. The van der Waals surface area contributed by atoms with Crippen LogP contribution in [0.4, 0.5) is 0 Å². The normalized spacial score (nSPS) is 24.6. The van der Waals surface area contributed by atoms with Crippen molar-refractivity contribution in [2.45, 2.75) is 71.3 Å². The molecule has 5 heteroatoms. The average molecular weight is 309 g/mol. The van der Waals surface area contributed by atoms with E-state index in [0.29, 0.717) is 6.04 Å². The number of aryl methyl sites for hydroxylation is 2. The summed E-state index contributed by atoms with van der Waals surface area (Å²) < 4.78 is 4.48. The van der Waals surface area contributed by atoms with Gasteiger partial charge >= 0.3 is 0 Å². The number of nitrogens with zero attached hydrogens (tertiary/aromatic N) is 4. The van der Waals surface area contributed by atoms with Crippen LogP contribution in [0, 0.1) is 12.8 Å². The fourth-order valence-corrected chi connectivity index (χ4v) is 3.86. The Morgan fingerprint density at radius 2 is 2.14 bits per heavy atom. The maximum Gasteiger partial charge on any atom is 0.159 e. The summed E-state index contributed by atoms with van der Waals surface area (Å²) in [6.07, 6.45) is 5.07. The van der Waals surface area contributed by atoms with Crippen molar-refractivity contribution in [1.82, 2.24) is 19.3 Å². The van der Waals surface area contributed by atoms with Crippen LogP contribution < -0.4 is 0 Å². The molecule has 3 rings (SSSR count). The molecule has 2 aromatic heterocycles. The van der Waals surface area contributed by atoms with Crippen LogP contribution in [0.5, 0.6) is 0 Å². The van der Waals surface area contributed by atoms with Crippen LogP contribution in [0.3, 0.4) is 0 Å². The Hall–Kier alpha value is -1.03. The molecular formula is C16H25ClN4. The molecule has 0 radical (unpaired) electrons. The third-order valence-corrected chi connectivity index (χ3v) is 4.90. The van der Waals surface area contributed by atoms with Gasteiger partial charge in [-0.1, -0.05) is 19.8 Å². The van der Waals surface area contributed by atoms with Crippen molar-refractivity contribution < 1.29 is 0 Å². The minimum Gasteiger partial charge on any atom is -0.309 e. The monoisotopic (exact) mass is 308 g/mol. The molecule has 2 heterocycles. The largest absolute Gasteiger partial charge is 0.309 e. The Kier molecular flexibility index (Phi) is 4.00. The topological polar surface area (TPSA) is 35.6 Å². The lowest BCUT2D eigenvalue weighted by atomic mass is 9.87. The van der Waals surface area contributed by atoms with E-state index in [9.17, 15) is 0 Å². The highest BCUT2D eigenvalue weighted by Crippen LogP contribution is 2.38. The van der Waals surface area contributed by atoms with Gasteiger partial charge in [0.25, 0.3) is 0 Å². The summed E-state index contributed by atoms with van der Waals surface area (Å²) in [5, 5.41) is 4.56. The molecule has 21 heavy (non-hydrogen) atoms. The summed E-state index contributed by atoms with van der Waals surface area (Å²) in [4.78, 5) is 4.83. The zero-order chi connectivity index (χ0) is 15.1.